The maximum atomic E-state index is 5.19. The molecule has 0 bridgehead atoms. The van der Waals surface area contributed by atoms with E-state index >= 15 is 0 Å². The average molecular weight is 220 g/mol. The van der Waals surface area contributed by atoms with Gasteiger partial charge < -0.3 is 15.4 Å². The number of benzene rings is 1. The van der Waals surface area contributed by atoms with Crippen molar-refractivity contribution in [3.05, 3.63) is 23.8 Å². The zero-order valence-corrected chi connectivity index (χ0v) is 10.0. The SMILES string of the molecule is COc1ccc(NCC2CCCN2)c(C)c1. The lowest BCUT2D eigenvalue weighted by Gasteiger charge is -2.14. The fourth-order valence-electron chi connectivity index (χ4n) is 2.13. The van der Waals surface area contributed by atoms with Crippen LogP contribution in [0.2, 0.25) is 0 Å². The van der Waals surface area contributed by atoms with Crippen LogP contribution in [-0.4, -0.2) is 26.2 Å². The van der Waals surface area contributed by atoms with E-state index in [0.29, 0.717) is 6.04 Å². The molecule has 1 unspecified atom stereocenters. The molecule has 1 heterocycles. The van der Waals surface area contributed by atoms with Crippen molar-refractivity contribution < 1.29 is 4.74 Å². The van der Waals surface area contributed by atoms with Gasteiger partial charge in [-0.3, -0.25) is 0 Å². The van der Waals surface area contributed by atoms with Crippen LogP contribution < -0.4 is 15.4 Å². The highest BCUT2D eigenvalue weighted by atomic mass is 16.5. The molecule has 0 aliphatic carbocycles. The van der Waals surface area contributed by atoms with E-state index in [1.807, 2.05) is 6.07 Å². The number of nitrogens with one attached hydrogen (secondary N) is 2. The summed E-state index contributed by atoms with van der Waals surface area (Å²) in [4.78, 5) is 0. The highest BCUT2D eigenvalue weighted by molar-refractivity contribution is 5.53. The fraction of sp³-hybridized carbons (Fsp3) is 0.538. The van der Waals surface area contributed by atoms with Crippen molar-refractivity contribution >= 4 is 5.69 Å². The van der Waals surface area contributed by atoms with Crippen LogP contribution in [0.15, 0.2) is 18.2 Å². The second-order valence-corrected chi connectivity index (χ2v) is 4.36. The Hall–Kier alpha value is -1.22. The van der Waals surface area contributed by atoms with Gasteiger partial charge in [0.05, 0.1) is 7.11 Å². The minimum atomic E-state index is 0.626. The Morgan fingerprint density at radius 1 is 1.50 bits per heavy atom. The van der Waals surface area contributed by atoms with E-state index in [2.05, 4.69) is 29.7 Å². The van der Waals surface area contributed by atoms with Gasteiger partial charge in [-0.15, -0.1) is 0 Å². The van der Waals surface area contributed by atoms with Crippen LogP contribution in [0.1, 0.15) is 18.4 Å². The molecule has 2 rings (SSSR count). The van der Waals surface area contributed by atoms with Gasteiger partial charge in [-0.2, -0.15) is 0 Å². The normalized spacial score (nSPS) is 19.8. The first-order valence-corrected chi connectivity index (χ1v) is 5.91. The van der Waals surface area contributed by atoms with Crippen LogP contribution >= 0.6 is 0 Å². The van der Waals surface area contributed by atoms with Crippen molar-refractivity contribution in [3.8, 4) is 5.75 Å². The second kappa shape index (κ2) is 5.21. The summed E-state index contributed by atoms with van der Waals surface area (Å²) in [6.45, 7) is 4.27. The third-order valence-corrected chi connectivity index (χ3v) is 3.13. The maximum absolute atomic E-state index is 5.19. The number of methoxy groups -OCH3 is 1. The third-order valence-electron chi connectivity index (χ3n) is 3.13. The molecule has 0 aromatic heterocycles. The van der Waals surface area contributed by atoms with Crippen LogP contribution in [0, 0.1) is 6.92 Å². The summed E-state index contributed by atoms with van der Waals surface area (Å²) < 4.78 is 5.19. The number of anilines is 1. The summed E-state index contributed by atoms with van der Waals surface area (Å²) in [7, 11) is 1.70. The van der Waals surface area contributed by atoms with Crippen molar-refractivity contribution in [2.75, 3.05) is 25.5 Å². The molecular weight excluding hydrogens is 200 g/mol. The van der Waals surface area contributed by atoms with Gasteiger partial charge in [-0.1, -0.05) is 0 Å². The fourth-order valence-corrected chi connectivity index (χ4v) is 2.13. The zero-order valence-electron chi connectivity index (χ0n) is 10.0. The van der Waals surface area contributed by atoms with E-state index in [9.17, 15) is 0 Å². The molecule has 1 fully saturated rings. The molecule has 3 heteroatoms. The van der Waals surface area contributed by atoms with Crippen LogP contribution in [0.3, 0.4) is 0 Å². The minimum absolute atomic E-state index is 0.626. The molecule has 0 amide bonds. The summed E-state index contributed by atoms with van der Waals surface area (Å²) in [6.07, 6.45) is 2.58. The molecule has 0 saturated carbocycles. The lowest BCUT2D eigenvalue weighted by atomic mass is 10.1. The number of rotatable bonds is 4. The Kier molecular flexibility index (Phi) is 3.67. The van der Waals surface area contributed by atoms with E-state index in [4.69, 9.17) is 4.74 Å². The highest BCUT2D eigenvalue weighted by Gasteiger charge is 2.13. The molecule has 1 atom stereocenters. The summed E-state index contributed by atoms with van der Waals surface area (Å²) in [5.74, 6) is 0.919. The highest BCUT2D eigenvalue weighted by Crippen LogP contribution is 2.21. The molecule has 0 radical (unpaired) electrons. The molecule has 1 aliphatic rings. The Bertz CT molecular complexity index is 346. The molecule has 1 aromatic rings. The van der Waals surface area contributed by atoms with E-state index in [-0.39, 0.29) is 0 Å². The topological polar surface area (TPSA) is 33.3 Å². The molecule has 88 valence electrons. The van der Waals surface area contributed by atoms with Crippen LogP contribution in [0.4, 0.5) is 5.69 Å². The van der Waals surface area contributed by atoms with Gasteiger partial charge in [0.15, 0.2) is 0 Å². The van der Waals surface area contributed by atoms with E-state index in [1.165, 1.54) is 24.1 Å². The van der Waals surface area contributed by atoms with Crippen molar-refractivity contribution in [1.82, 2.24) is 5.32 Å². The molecular formula is C13H20N2O. The Balaban J connectivity index is 1.93. The van der Waals surface area contributed by atoms with Gasteiger partial charge >= 0.3 is 0 Å². The Labute approximate surface area is 97.2 Å². The van der Waals surface area contributed by atoms with Gasteiger partial charge in [0, 0.05) is 18.3 Å². The van der Waals surface area contributed by atoms with E-state index in [0.717, 1.165) is 18.8 Å². The zero-order chi connectivity index (χ0) is 11.4. The minimum Gasteiger partial charge on any atom is -0.497 e. The standard InChI is InChI=1S/C13H20N2O/c1-10-8-12(16-2)5-6-13(10)15-9-11-4-3-7-14-11/h5-6,8,11,14-15H,3-4,7,9H2,1-2H3. The molecule has 0 spiro atoms. The number of aryl methyl sites for hydroxylation is 1. The van der Waals surface area contributed by atoms with Crippen molar-refractivity contribution in [1.29, 1.82) is 0 Å². The first-order valence-electron chi connectivity index (χ1n) is 5.91. The van der Waals surface area contributed by atoms with Gasteiger partial charge in [-0.25, -0.2) is 0 Å². The van der Waals surface area contributed by atoms with Crippen molar-refractivity contribution in [3.63, 3.8) is 0 Å². The predicted molar refractivity (Wildman–Crippen MR) is 67.2 cm³/mol. The van der Waals surface area contributed by atoms with Gasteiger partial charge in [-0.05, 0) is 50.1 Å². The first kappa shape index (κ1) is 11.3. The quantitative estimate of drug-likeness (QED) is 0.816. The first-order chi connectivity index (χ1) is 7.79. The summed E-state index contributed by atoms with van der Waals surface area (Å²) >= 11 is 0. The number of hydrogen-bond donors (Lipinski definition) is 2. The van der Waals surface area contributed by atoms with Crippen LogP contribution in [-0.2, 0) is 0 Å². The maximum Gasteiger partial charge on any atom is 0.119 e. The summed E-state index contributed by atoms with van der Waals surface area (Å²) in [5.41, 5.74) is 2.44. The predicted octanol–water partition coefficient (Wildman–Crippen LogP) is 2.17. The van der Waals surface area contributed by atoms with Crippen LogP contribution in [0.25, 0.3) is 0 Å². The van der Waals surface area contributed by atoms with Crippen molar-refractivity contribution in [2.45, 2.75) is 25.8 Å². The molecule has 2 N–H and O–H groups in total. The lowest BCUT2D eigenvalue weighted by molar-refractivity contribution is 0.414. The molecule has 1 saturated heterocycles. The molecule has 16 heavy (non-hydrogen) atoms. The van der Waals surface area contributed by atoms with Crippen LogP contribution in [0.5, 0.6) is 5.75 Å². The summed E-state index contributed by atoms with van der Waals surface area (Å²) in [6, 6.07) is 6.77. The van der Waals surface area contributed by atoms with Gasteiger partial charge in [0.25, 0.3) is 0 Å². The number of ether oxygens (including phenoxy) is 1. The average Bonchev–Trinajstić information content (AvgIpc) is 2.80. The van der Waals surface area contributed by atoms with Gasteiger partial charge in [0.2, 0.25) is 0 Å². The lowest BCUT2D eigenvalue weighted by Crippen LogP contribution is -2.29. The largest absolute Gasteiger partial charge is 0.497 e. The van der Waals surface area contributed by atoms with E-state index in [1.54, 1.807) is 7.11 Å². The molecule has 3 nitrogen and oxygen atoms in total. The van der Waals surface area contributed by atoms with E-state index < -0.39 is 0 Å². The molecule has 1 aromatic carbocycles. The molecule has 1 aliphatic heterocycles. The Morgan fingerprint density at radius 2 is 2.38 bits per heavy atom. The Morgan fingerprint density at radius 3 is 3.00 bits per heavy atom. The smallest absolute Gasteiger partial charge is 0.119 e. The number of hydrogen-bond acceptors (Lipinski definition) is 3. The second-order valence-electron chi connectivity index (χ2n) is 4.36. The summed E-state index contributed by atoms with van der Waals surface area (Å²) in [5, 5.41) is 6.97. The monoisotopic (exact) mass is 220 g/mol. The van der Waals surface area contributed by atoms with Crippen molar-refractivity contribution in [2.24, 2.45) is 0 Å². The third kappa shape index (κ3) is 2.67. The van der Waals surface area contributed by atoms with Gasteiger partial charge in [0.1, 0.15) is 5.75 Å².